The molecule has 3 saturated heterocycles. The van der Waals surface area contributed by atoms with Gasteiger partial charge in [-0.05, 0) is 44.2 Å². The summed E-state index contributed by atoms with van der Waals surface area (Å²) in [6.07, 6.45) is 4.20. The number of carbonyl (C=O) groups excluding carboxylic acids is 1. The van der Waals surface area contributed by atoms with Crippen LogP contribution in [0.1, 0.15) is 42.9 Å². The van der Waals surface area contributed by atoms with E-state index >= 15 is 0 Å². The number of likely N-dealkylation sites (tertiary alicyclic amines) is 1. The SMILES string of the molecule is O=C([C@H]1CCCNC1)N1C[C@@H]2C[C@H](C1)c1ccc(CN3CCCOCC3)c(=O)n1C2. The molecule has 3 fully saturated rings. The van der Waals surface area contributed by atoms with Gasteiger partial charge in [0, 0.05) is 69.6 Å². The van der Waals surface area contributed by atoms with Crippen LogP contribution in [-0.2, 0) is 22.6 Å². The Hall–Kier alpha value is -1.70. The number of hydrogen-bond acceptors (Lipinski definition) is 5. The van der Waals surface area contributed by atoms with Crippen LogP contribution in [0, 0.1) is 11.8 Å². The number of rotatable bonds is 3. The fourth-order valence-corrected chi connectivity index (χ4v) is 5.81. The first-order valence-electron chi connectivity index (χ1n) is 11.7. The maximum Gasteiger partial charge on any atom is 0.255 e. The summed E-state index contributed by atoms with van der Waals surface area (Å²) >= 11 is 0. The Morgan fingerprint density at radius 3 is 2.93 bits per heavy atom. The normalized spacial score (nSPS) is 29.9. The molecule has 2 bridgehead atoms. The minimum absolute atomic E-state index is 0.125. The highest BCUT2D eigenvalue weighted by molar-refractivity contribution is 5.79. The van der Waals surface area contributed by atoms with Gasteiger partial charge in [0.25, 0.3) is 5.56 Å². The van der Waals surface area contributed by atoms with E-state index in [1.54, 1.807) is 0 Å². The van der Waals surface area contributed by atoms with Gasteiger partial charge in [-0.25, -0.2) is 0 Å². The van der Waals surface area contributed by atoms with E-state index < -0.39 is 0 Å². The summed E-state index contributed by atoms with van der Waals surface area (Å²) in [4.78, 5) is 30.8. The Morgan fingerprint density at radius 2 is 2.07 bits per heavy atom. The molecule has 0 saturated carbocycles. The van der Waals surface area contributed by atoms with Gasteiger partial charge in [0.1, 0.15) is 0 Å². The van der Waals surface area contributed by atoms with Gasteiger partial charge < -0.3 is 19.5 Å². The van der Waals surface area contributed by atoms with Gasteiger partial charge in [-0.3, -0.25) is 14.5 Å². The van der Waals surface area contributed by atoms with E-state index in [0.717, 1.165) is 96.0 Å². The van der Waals surface area contributed by atoms with E-state index in [0.29, 0.717) is 18.4 Å². The average molecular weight is 415 g/mol. The summed E-state index contributed by atoms with van der Waals surface area (Å²) in [5.74, 6) is 1.11. The van der Waals surface area contributed by atoms with Gasteiger partial charge in [0.2, 0.25) is 5.91 Å². The maximum atomic E-state index is 13.3. The highest BCUT2D eigenvalue weighted by Gasteiger charge is 2.38. The molecule has 7 nitrogen and oxygen atoms in total. The molecular formula is C23H34N4O3. The number of hydrogen-bond donors (Lipinski definition) is 1. The van der Waals surface area contributed by atoms with Crippen LogP contribution in [0.5, 0.6) is 0 Å². The second-order valence-electron chi connectivity index (χ2n) is 9.53. The molecule has 164 valence electrons. The Morgan fingerprint density at radius 1 is 1.13 bits per heavy atom. The van der Waals surface area contributed by atoms with Crippen molar-refractivity contribution < 1.29 is 9.53 Å². The number of pyridine rings is 1. The molecule has 1 aromatic rings. The summed E-state index contributed by atoms with van der Waals surface area (Å²) in [6.45, 7) is 8.28. The van der Waals surface area contributed by atoms with Crippen molar-refractivity contribution in [3.8, 4) is 0 Å². The molecule has 5 heterocycles. The molecule has 0 spiro atoms. The number of fused-ring (bicyclic) bond motifs is 4. The Bertz CT molecular complexity index is 824. The van der Waals surface area contributed by atoms with Crippen molar-refractivity contribution in [2.24, 2.45) is 11.8 Å². The minimum Gasteiger partial charge on any atom is -0.380 e. The van der Waals surface area contributed by atoms with Gasteiger partial charge in [0.05, 0.1) is 12.5 Å². The van der Waals surface area contributed by atoms with Crippen LogP contribution in [0.25, 0.3) is 0 Å². The number of nitrogens with zero attached hydrogens (tertiary/aromatic N) is 3. The minimum atomic E-state index is 0.125. The zero-order valence-electron chi connectivity index (χ0n) is 17.9. The first-order chi connectivity index (χ1) is 14.7. The molecule has 4 aliphatic rings. The van der Waals surface area contributed by atoms with Crippen molar-refractivity contribution >= 4 is 5.91 Å². The van der Waals surface area contributed by atoms with Crippen molar-refractivity contribution in [2.45, 2.75) is 44.7 Å². The Kier molecular flexibility index (Phi) is 5.94. The first-order valence-corrected chi connectivity index (χ1v) is 11.7. The molecule has 5 rings (SSSR count). The number of carbonyl (C=O) groups is 1. The average Bonchev–Trinajstić information content (AvgIpc) is 3.05. The molecule has 0 aliphatic carbocycles. The van der Waals surface area contributed by atoms with Crippen molar-refractivity contribution in [3.05, 3.63) is 33.7 Å². The highest BCUT2D eigenvalue weighted by atomic mass is 16.5. The maximum absolute atomic E-state index is 13.3. The van der Waals surface area contributed by atoms with E-state index in [1.807, 2.05) is 10.6 Å². The summed E-state index contributed by atoms with van der Waals surface area (Å²) in [6, 6.07) is 4.19. The van der Waals surface area contributed by atoms with E-state index in [1.165, 1.54) is 0 Å². The molecular weight excluding hydrogens is 380 g/mol. The second kappa shape index (κ2) is 8.81. The van der Waals surface area contributed by atoms with E-state index in [4.69, 9.17) is 4.74 Å². The first kappa shape index (κ1) is 20.2. The van der Waals surface area contributed by atoms with Crippen LogP contribution in [0.15, 0.2) is 16.9 Å². The molecule has 0 aromatic carbocycles. The summed E-state index contributed by atoms with van der Waals surface area (Å²) in [5.41, 5.74) is 2.18. The third-order valence-electron chi connectivity index (χ3n) is 7.35. The van der Waals surface area contributed by atoms with Gasteiger partial charge >= 0.3 is 0 Å². The van der Waals surface area contributed by atoms with E-state index in [-0.39, 0.29) is 17.4 Å². The molecule has 0 unspecified atom stereocenters. The van der Waals surface area contributed by atoms with Crippen LogP contribution in [-0.4, -0.2) is 72.8 Å². The Labute approximate surface area is 178 Å². The topological polar surface area (TPSA) is 66.8 Å². The van der Waals surface area contributed by atoms with Crippen LogP contribution >= 0.6 is 0 Å². The fraction of sp³-hybridized carbons (Fsp3) is 0.739. The van der Waals surface area contributed by atoms with Gasteiger partial charge in [0.15, 0.2) is 0 Å². The van der Waals surface area contributed by atoms with Gasteiger partial charge in [-0.2, -0.15) is 0 Å². The van der Waals surface area contributed by atoms with Crippen molar-refractivity contribution in [1.29, 1.82) is 0 Å². The van der Waals surface area contributed by atoms with Crippen LogP contribution in [0.4, 0.5) is 0 Å². The predicted octanol–water partition coefficient (Wildman–Crippen LogP) is 1.02. The molecule has 30 heavy (non-hydrogen) atoms. The molecule has 3 atom stereocenters. The molecule has 7 heteroatoms. The number of nitrogens with one attached hydrogen (secondary N) is 1. The zero-order chi connectivity index (χ0) is 20.5. The smallest absolute Gasteiger partial charge is 0.255 e. The lowest BCUT2D eigenvalue weighted by Crippen LogP contribution is -2.52. The van der Waals surface area contributed by atoms with Crippen molar-refractivity contribution in [1.82, 2.24) is 19.7 Å². The molecule has 1 N–H and O–H groups in total. The predicted molar refractivity (Wildman–Crippen MR) is 114 cm³/mol. The fourth-order valence-electron chi connectivity index (χ4n) is 5.81. The lowest BCUT2D eigenvalue weighted by atomic mass is 9.82. The van der Waals surface area contributed by atoms with Crippen LogP contribution < -0.4 is 10.9 Å². The third kappa shape index (κ3) is 4.07. The number of ether oxygens (including phenoxy) is 1. The highest BCUT2D eigenvalue weighted by Crippen LogP contribution is 2.36. The Balaban J connectivity index is 1.32. The van der Waals surface area contributed by atoms with Crippen molar-refractivity contribution in [3.63, 3.8) is 0 Å². The molecule has 1 amide bonds. The second-order valence-corrected chi connectivity index (χ2v) is 9.53. The number of amides is 1. The molecule has 4 aliphatic heterocycles. The van der Waals surface area contributed by atoms with Gasteiger partial charge in [-0.1, -0.05) is 6.07 Å². The largest absolute Gasteiger partial charge is 0.380 e. The molecule has 0 radical (unpaired) electrons. The summed E-state index contributed by atoms with van der Waals surface area (Å²) in [5, 5.41) is 3.37. The lowest BCUT2D eigenvalue weighted by Gasteiger charge is -2.44. The van der Waals surface area contributed by atoms with E-state index in [9.17, 15) is 9.59 Å². The van der Waals surface area contributed by atoms with Crippen LogP contribution in [0.3, 0.4) is 0 Å². The van der Waals surface area contributed by atoms with E-state index in [2.05, 4.69) is 21.2 Å². The van der Waals surface area contributed by atoms with Gasteiger partial charge in [-0.15, -0.1) is 0 Å². The number of aromatic nitrogens is 1. The third-order valence-corrected chi connectivity index (χ3v) is 7.35. The monoisotopic (exact) mass is 414 g/mol. The lowest BCUT2D eigenvalue weighted by molar-refractivity contribution is -0.138. The summed E-state index contributed by atoms with van der Waals surface area (Å²) < 4.78 is 7.57. The molecule has 1 aromatic heterocycles. The zero-order valence-corrected chi connectivity index (χ0v) is 17.9. The standard InChI is InChI=1S/C23H34N4O3/c28-22(18-3-1-6-24-12-18)26-13-17-11-20(16-26)21-5-4-19(23(29)27(21)14-17)15-25-7-2-9-30-10-8-25/h4-5,17-18,20,24H,1-3,6-16H2/t17-,18-,20+/m0/s1. The number of piperidine rings is 2. The van der Waals surface area contributed by atoms with Crippen molar-refractivity contribution in [2.75, 3.05) is 52.5 Å². The quantitative estimate of drug-likeness (QED) is 0.800. The summed E-state index contributed by atoms with van der Waals surface area (Å²) in [7, 11) is 0. The van der Waals surface area contributed by atoms with Crippen LogP contribution in [0.2, 0.25) is 0 Å².